The zero-order valence-electron chi connectivity index (χ0n) is 9.66. The quantitative estimate of drug-likeness (QED) is 0.574. The maximum atomic E-state index is 13.7. The van der Waals surface area contributed by atoms with E-state index < -0.39 is 11.7 Å². The topological polar surface area (TPSA) is 0 Å². The van der Waals surface area contributed by atoms with E-state index in [0.717, 1.165) is 18.4 Å². The normalized spacial score (nSPS) is 23.9. The maximum Gasteiger partial charge on any atom is 0.162 e. The molecule has 0 aromatic carbocycles. The zero-order chi connectivity index (χ0) is 11.6. The zero-order valence-corrected chi connectivity index (χ0v) is 9.66. The van der Waals surface area contributed by atoms with E-state index in [1.165, 1.54) is 6.92 Å². The van der Waals surface area contributed by atoms with Crippen LogP contribution in [0.1, 0.15) is 40.0 Å². The number of hydrogen-bond acceptors (Lipinski definition) is 0. The fraction of sp³-hybridized carbons (Fsp3) is 0.538. The van der Waals surface area contributed by atoms with E-state index >= 15 is 0 Å². The second-order valence-corrected chi connectivity index (χ2v) is 4.52. The Hall–Kier alpha value is -0.920. The molecule has 1 aliphatic rings. The van der Waals surface area contributed by atoms with E-state index in [0.29, 0.717) is 17.9 Å². The minimum atomic E-state index is -0.793. The molecular formula is C13H18F2. The Morgan fingerprint density at radius 1 is 1.40 bits per heavy atom. The van der Waals surface area contributed by atoms with Crippen LogP contribution in [0.3, 0.4) is 0 Å². The fourth-order valence-corrected chi connectivity index (χ4v) is 1.84. The molecule has 0 aromatic heterocycles. The predicted molar refractivity (Wildman–Crippen MR) is 59.8 cm³/mol. The summed E-state index contributed by atoms with van der Waals surface area (Å²) in [6.07, 6.45) is 2.57. The van der Waals surface area contributed by atoms with Crippen molar-refractivity contribution < 1.29 is 8.78 Å². The smallest absolute Gasteiger partial charge is 0.162 e. The molecule has 0 N–H and O–H groups in total. The average molecular weight is 212 g/mol. The summed E-state index contributed by atoms with van der Waals surface area (Å²) in [4.78, 5) is 0. The molecule has 1 aliphatic carbocycles. The van der Waals surface area contributed by atoms with Gasteiger partial charge in [-0.25, -0.2) is 8.78 Å². The summed E-state index contributed by atoms with van der Waals surface area (Å²) in [7, 11) is 0. The van der Waals surface area contributed by atoms with Crippen LogP contribution in [0.25, 0.3) is 0 Å². The van der Waals surface area contributed by atoms with E-state index in [1.54, 1.807) is 0 Å². The Labute approximate surface area is 90.4 Å². The predicted octanol–water partition coefficient (Wildman–Crippen LogP) is 4.85. The molecule has 2 heteroatoms. The molecule has 0 saturated carbocycles. The lowest BCUT2D eigenvalue weighted by Gasteiger charge is -2.22. The first-order chi connectivity index (χ1) is 6.93. The Kier molecular flexibility index (Phi) is 3.83. The van der Waals surface area contributed by atoms with Crippen LogP contribution in [0.2, 0.25) is 0 Å². The molecule has 15 heavy (non-hydrogen) atoms. The monoisotopic (exact) mass is 212 g/mol. The van der Waals surface area contributed by atoms with Gasteiger partial charge in [-0.1, -0.05) is 19.1 Å². The first-order valence-corrected chi connectivity index (χ1v) is 5.33. The molecule has 0 radical (unpaired) electrons. The Morgan fingerprint density at radius 2 is 2.00 bits per heavy atom. The van der Waals surface area contributed by atoms with Crippen molar-refractivity contribution in [2.45, 2.75) is 40.0 Å². The lowest BCUT2D eigenvalue weighted by molar-refractivity contribution is 0.468. The van der Waals surface area contributed by atoms with E-state index in [-0.39, 0.29) is 5.57 Å². The first-order valence-electron chi connectivity index (χ1n) is 5.33. The molecule has 0 bridgehead atoms. The highest BCUT2D eigenvalue weighted by Gasteiger charge is 2.21. The van der Waals surface area contributed by atoms with Crippen LogP contribution in [0.4, 0.5) is 8.78 Å². The lowest BCUT2D eigenvalue weighted by atomic mass is 9.84. The van der Waals surface area contributed by atoms with Gasteiger partial charge in [0.15, 0.2) is 11.7 Å². The van der Waals surface area contributed by atoms with Crippen LogP contribution in [0.5, 0.6) is 0 Å². The molecule has 1 unspecified atom stereocenters. The van der Waals surface area contributed by atoms with Crippen molar-refractivity contribution in [1.82, 2.24) is 0 Å². The summed E-state index contributed by atoms with van der Waals surface area (Å²) in [5.74, 6) is -1.06. The van der Waals surface area contributed by atoms with E-state index in [9.17, 15) is 8.78 Å². The van der Waals surface area contributed by atoms with Gasteiger partial charge in [0.25, 0.3) is 0 Å². The minimum Gasteiger partial charge on any atom is -0.203 e. The molecule has 0 amide bonds. The van der Waals surface area contributed by atoms with Gasteiger partial charge < -0.3 is 0 Å². The van der Waals surface area contributed by atoms with Crippen LogP contribution in [0.15, 0.2) is 35.0 Å². The average Bonchev–Trinajstić information content (AvgIpc) is 2.19. The van der Waals surface area contributed by atoms with Crippen LogP contribution in [0, 0.1) is 5.92 Å². The fourth-order valence-electron chi connectivity index (χ4n) is 1.84. The second kappa shape index (κ2) is 4.73. The van der Waals surface area contributed by atoms with Crippen LogP contribution < -0.4 is 0 Å². The minimum absolute atomic E-state index is 0.158. The summed E-state index contributed by atoms with van der Waals surface area (Å²) in [5.41, 5.74) is 1.68. The summed E-state index contributed by atoms with van der Waals surface area (Å²) in [6.45, 7) is 8.85. The highest BCUT2D eigenvalue weighted by Crippen LogP contribution is 2.36. The third-order valence-electron chi connectivity index (χ3n) is 2.91. The van der Waals surface area contributed by atoms with Crippen LogP contribution in [-0.4, -0.2) is 0 Å². The molecule has 0 spiro atoms. The molecule has 1 rings (SSSR count). The largest absolute Gasteiger partial charge is 0.203 e. The van der Waals surface area contributed by atoms with Crippen molar-refractivity contribution >= 4 is 0 Å². The second-order valence-electron chi connectivity index (χ2n) is 4.52. The van der Waals surface area contributed by atoms with Crippen molar-refractivity contribution in [3.05, 3.63) is 35.0 Å². The number of halogens is 2. The highest BCUT2D eigenvalue weighted by atomic mass is 19.2. The first kappa shape index (κ1) is 12.2. The van der Waals surface area contributed by atoms with Crippen molar-refractivity contribution in [1.29, 1.82) is 0 Å². The van der Waals surface area contributed by atoms with Gasteiger partial charge in [-0.05, 0) is 50.2 Å². The van der Waals surface area contributed by atoms with Gasteiger partial charge in [0, 0.05) is 0 Å². The highest BCUT2D eigenvalue weighted by molar-refractivity contribution is 5.39. The number of rotatable bonds is 2. The van der Waals surface area contributed by atoms with Crippen molar-refractivity contribution in [2.75, 3.05) is 0 Å². The third kappa shape index (κ3) is 2.77. The Bertz CT molecular complexity index is 334. The molecular weight excluding hydrogens is 194 g/mol. The van der Waals surface area contributed by atoms with Gasteiger partial charge in [0.1, 0.15) is 0 Å². The third-order valence-corrected chi connectivity index (χ3v) is 2.91. The van der Waals surface area contributed by atoms with E-state index in [4.69, 9.17) is 0 Å². The summed E-state index contributed by atoms with van der Waals surface area (Å²) < 4.78 is 27.1. The summed E-state index contributed by atoms with van der Waals surface area (Å²) >= 11 is 0. The lowest BCUT2D eigenvalue weighted by Crippen LogP contribution is -2.07. The summed E-state index contributed by atoms with van der Waals surface area (Å²) in [6, 6.07) is 0. The van der Waals surface area contributed by atoms with Gasteiger partial charge >= 0.3 is 0 Å². The molecule has 0 heterocycles. The molecule has 0 fully saturated rings. The molecule has 84 valence electrons. The van der Waals surface area contributed by atoms with Gasteiger partial charge in [-0.15, -0.1) is 0 Å². The van der Waals surface area contributed by atoms with Gasteiger partial charge in [-0.2, -0.15) is 0 Å². The van der Waals surface area contributed by atoms with Crippen molar-refractivity contribution in [2.24, 2.45) is 5.92 Å². The van der Waals surface area contributed by atoms with Gasteiger partial charge in [0.2, 0.25) is 0 Å². The standard InChI is InChI=1S/C13H18F2/c1-8(2)12(14)13(15)11-7-9(3)5-6-10(11)4/h9H,1,5-7H2,2-4H3/b13-12-. The number of hydrogen-bond donors (Lipinski definition) is 0. The molecule has 0 aliphatic heterocycles. The van der Waals surface area contributed by atoms with Crippen molar-refractivity contribution in [3.63, 3.8) is 0 Å². The Balaban J connectivity index is 3.06. The van der Waals surface area contributed by atoms with Crippen LogP contribution >= 0.6 is 0 Å². The Morgan fingerprint density at radius 3 is 2.53 bits per heavy atom. The van der Waals surface area contributed by atoms with Crippen LogP contribution in [-0.2, 0) is 0 Å². The van der Waals surface area contributed by atoms with Gasteiger partial charge in [-0.3, -0.25) is 0 Å². The molecule has 0 nitrogen and oxygen atoms in total. The summed E-state index contributed by atoms with van der Waals surface area (Å²) in [5, 5.41) is 0. The van der Waals surface area contributed by atoms with E-state index in [2.05, 4.69) is 13.5 Å². The SMILES string of the molecule is C=C(C)/C(F)=C(/F)C1=C(C)CCC(C)C1. The number of allylic oxidation sites excluding steroid dienone is 5. The van der Waals surface area contributed by atoms with Gasteiger partial charge in [0.05, 0.1) is 0 Å². The molecule has 0 saturated heterocycles. The molecule has 0 aromatic rings. The maximum absolute atomic E-state index is 13.7. The van der Waals surface area contributed by atoms with Crippen molar-refractivity contribution in [3.8, 4) is 0 Å². The molecule has 1 atom stereocenters. The van der Waals surface area contributed by atoms with E-state index in [1.807, 2.05) is 6.92 Å².